The highest BCUT2D eigenvalue weighted by atomic mass is 16.5. The third-order valence-corrected chi connectivity index (χ3v) is 10.6. The number of hydrogen-bond donors (Lipinski definition) is 0. The highest BCUT2D eigenvalue weighted by molar-refractivity contribution is 6.06. The summed E-state index contributed by atoms with van der Waals surface area (Å²) in [6, 6.07) is 31.3. The number of ether oxygens (including phenoxy) is 1. The van der Waals surface area contributed by atoms with Gasteiger partial charge in [-0.15, -0.1) is 0 Å². The molecule has 0 bridgehead atoms. The monoisotopic (exact) mass is 544 g/mol. The molecule has 42 heavy (non-hydrogen) atoms. The van der Waals surface area contributed by atoms with Crippen molar-refractivity contribution in [2.24, 2.45) is 5.10 Å². The average molecular weight is 545 g/mol. The quantitative estimate of drug-likeness (QED) is 0.193. The Balaban J connectivity index is 1.43. The summed E-state index contributed by atoms with van der Waals surface area (Å²) in [5, 5.41) is 7.00. The van der Waals surface area contributed by atoms with Crippen LogP contribution in [0.4, 0.5) is 22.9 Å². The smallest absolute Gasteiger partial charge is 0.296 e. The van der Waals surface area contributed by atoms with Crippen LogP contribution in [-0.4, -0.2) is 24.6 Å². The van der Waals surface area contributed by atoms with Crippen molar-refractivity contribution in [3.63, 3.8) is 0 Å². The van der Waals surface area contributed by atoms with Crippen molar-refractivity contribution in [1.29, 1.82) is 0 Å². The Bertz CT molecular complexity index is 2170. The Morgan fingerprint density at radius 1 is 0.738 bits per heavy atom. The molecule has 0 saturated heterocycles. The molecule has 0 amide bonds. The third-order valence-electron chi connectivity index (χ3n) is 10.6. The van der Waals surface area contributed by atoms with Gasteiger partial charge >= 0.3 is 0 Å². The predicted octanol–water partition coefficient (Wildman–Crippen LogP) is 6.98. The Kier molecular flexibility index (Phi) is 3.36. The summed E-state index contributed by atoms with van der Waals surface area (Å²) in [4.78, 5) is 4.91. The zero-order chi connectivity index (χ0) is 27.7. The minimum absolute atomic E-state index is 0.0836. The fourth-order valence-electron chi connectivity index (χ4n) is 9.09. The van der Waals surface area contributed by atoms with Crippen LogP contribution in [0.15, 0.2) is 96.2 Å². The van der Waals surface area contributed by atoms with E-state index in [1.54, 1.807) is 0 Å². The number of anilines is 4. The summed E-state index contributed by atoms with van der Waals surface area (Å²) in [5.41, 5.74) is 13.0. The predicted molar refractivity (Wildman–Crippen MR) is 163 cm³/mol. The minimum Gasteiger partial charge on any atom is -0.456 e. The average Bonchev–Trinajstić information content (AvgIpc) is 3.50. The van der Waals surface area contributed by atoms with Gasteiger partial charge in [-0.2, -0.15) is 10.0 Å². The molecule has 200 valence electrons. The molecule has 11 rings (SSSR count). The Labute approximate surface area is 243 Å². The van der Waals surface area contributed by atoms with E-state index >= 15 is 0 Å². The van der Waals surface area contributed by atoms with E-state index < -0.39 is 5.54 Å². The van der Waals surface area contributed by atoms with Crippen molar-refractivity contribution in [1.82, 2.24) is 5.01 Å². The standard InChI is InChI=1S/C36H26N5O/c1-35(2)24-13-6-11-22-20-9-4-5-10-21(20)23-12-8-18-40-33(23)41(31(22)24)32-25(35)16-17-28-30(32)36(40)29-26(14-7-15-27(29)42-28)39-19-37-38(3)34(36)39/h4-19,34H,1-3H3/q+1. The summed E-state index contributed by atoms with van der Waals surface area (Å²) in [7, 11) is 2.10. The molecule has 2 atom stereocenters. The zero-order valence-corrected chi connectivity index (χ0v) is 23.5. The highest BCUT2D eigenvalue weighted by Crippen LogP contribution is 2.68. The second kappa shape index (κ2) is 6.52. The number of rotatable bonds is 0. The number of nitrogens with zero attached hydrogens (tertiary/aromatic N) is 5. The van der Waals surface area contributed by atoms with Crippen LogP contribution in [0, 0.1) is 0 Å². The molecule has 7 heterocycles. The number of benzene rings is 4. The van der Waals surface area contributed by atoms with Crippen molar-refractivity contribution in [3.05, 3.63) is 113 Å². The van der Waals surface area contributed by atoms with Gasteiger partial charge in [-0.1, -0.05) is 68.4 Å². The first-order valence-electron chi connectivity index (χ1n) is 14.7. The summed E-state index contributed by atoms with van der Waals surface area (Å²) in [6.45, 7) is 4.76. The minimum atomic E-state index is -0.584. The number of hydrogen-bond acceptors (Lipinski definition) is 5. The summed E-state index contributed by atoms with van der Waals surface area (Å²) < 4.78 is 9.42. The van der Waals surface area contributed by atoms with Gasteiger partial charge < -0.3 is 9.64 Å². The molecule has 6 nitrogen and oxygen atoms in total. The molecule has 0 fully saturated rings. The Morgan fingerprint density at radius 3 is 2.36 bits per heavy atom. The van der Waals surface area contributed by atoms with Crippen LogP contribution in [0.3, 0.4) is 0 Å². The van der Waals surface area contributed by atoms with Crippen molar-refractivity contribution in [2.75, 3.05) is 16.8 Å². The lowest BCUT2D eigenvalue weighted by Gasteiger charge is -2.49. The highest BCUT2D eigenvalue weighted by Gasteiger charge is 2.70. The van der Waals surface area contributed by atoms with E-state index in [0.717, 1.165) is 17.2 Å². The lowest BCUT2D eigenvalue weighted by molar-refractivity contribution is -0.737. The SMILES string of the molecule is CN1N=CN2c3cccc4c3C3(c5c(ccc6c5N5c7c(cccc7C6(C)C)-c6ccccc6-c6ccc[n+]3c65)O4)C12. The number of aromatic nitrogens is 1. The fraction of sp³-hybridized carbons (Fsp3) is 0.167. The van der Waals surface area contributed by atoms with Crippen molar-refractivity contribution in [3.8, 4) is 33.8 Å². The summed E-state index contributed by atoms with van der Waals surface area (Å²) in [6.07, 6.45) is 4.19. The third kappa shape index (κ3) is 1.99. The van der Waals surface area contributed by atoms with Crippen LogP contribution in [0.5, 0.6) is 11.5 Å². The molecule has 5 aromatic rings. The first-order valence-corrected chi connectivity index (χ1v) is 14.7. The van der Waals surface area contributed by atoms with E-state index in [2.05, 4.69) is 131 Å². The molecule has 2 unspecified atom stereocenters. The van der Waals surface area contributed by atoms with E-state index in [0.29, 0.717) is 0 Å². The second-order valence-electron chi connectivity index (χ2n) is 12.8. The van der Waals surface area contributed by atoms with Gasteiger partial charge in [0, 0.05) is 29.2 Å². The number of hydrazone groups is 1. The van der Waals surface area contributed by atoms with Gasteiger partial charge in [-0.3, -0.25) is 5.01 Å². The molecule has 4 aromatic carbocycles. The molecule has 1 spiro atoms. The van der Waals surface area contributed by atoms with Crippen LogP contribution in [-0.2, 0) is 11.0 Å². The van der Waals surface area contributed by atoms with Gasteiger partial charge in [0.1, 0.15) is 29.2 Å². The van der Waals surface area contributed by atoms with Gasteiger partial charge in [0.15, 0.2) is 6.17 Å². The van der Waals surface area contributed by atoms with E-state index in [-0.39, 0.29) is 11.6 Å². The van der Waals surface area contributed by atoms with Gasteiger partial charge in [0.05, 0.1) is 28.6 Å². The van der Waals surface area contributed by atoms with Gasteiger partial charge in [0.2, 0.25) is 5.54 Å². The molecule has 6 aliphatic rings. The second-order valence-corrected chi connectivity index (χ2v) is 12.8. The Hall–Kier alpha value is -5.10. The molecule has 0 saturated carbocycles. The van der Waals surface area contributed by atoms with Crippen LogP contribution in [0.1, 0.15) is 36.1 Å². The van der Waals surface area contributed by atoms with Crippen molar-refractivity contribution >= 4 is 29.2 Å². The lowest BCUT2D eigenvalue weighted by Crippen LogP contribution is -2.70. The van der Waals surface area contributed by atoms with E-state index in [1.165, 1.54) is 61.7 Å². The fourth-order valence-corrected chi connectivity index (χ4v) is 9.09. The van der Waals surface area contributed by atoms with Crippen LogP contribution in [0.25, 0.3) is 22.3 Å². The topological polar surface area (TPSA) is 35.2 Å². The maximum absolute atomic E-state index is 6.86. The molecule has 6 heteroatoms. The molecule has 0 aliphatic carbocycles. The van der Waals surface area contributed by atoms with Crippen molar-refractivity contribution < 1.29 is 9.30 Å². The van der Waals surface area contributed by atoms with Gasteiger partial charge in [-0.25, -0.2) is 4.57 Å². The zero-order valence-electron chi connectivity index (χ0n) is 23.5. The lowest BCUT2D eigenvalue weighted by atomic mass is 9.67. The van der Waals surface area contributed by atoms with E-state index in [9.17, 15) is 0 Å². The Morgan fingerprint density at radius 2 is 1.48 bits per heavy atom. The summed E-state index contributed by atoms with van der Waals surface area (Å²) >= 11 is 0. The first-order chi connectivity index (χ1) is 20.5. The maximum atomic E-state index is 6.86. The number of para-hydroxylation sites is 1. The van der Waals surface area contributed by atoms with E-state index in [1.807, 2.05) is 6.34 Å². The molecular weight excluding hydrogens is 518 g/mol. The molecule has 1 aromatic heterocycles. The maximum Gasteiger partial charge on any atom is 0.296 e. The van der Waals surface area contributed by atoms with Crippen LogP contribution < -0.4 is 19.1 Å². The summed E-state index contributed by atoms with van der Waals surface area (Å²) in [5.74, 6) is 3.03. The number of fused-ring (bicyclic) bond motifs is 5. The van der Waals surface area contributed by atoms with E-state index in [4.69, 9.17) is 9.84 Å². The van der Waals surface area contributed by atoms with Crippen molar-refractivity contribution in [2.45, 2.75) is 31.0 Å². The first kappa shape index (κ1) is 21.6. The number of pyridine rings is 1. The molecule has 0 N–H and O–H groups in total. The van der Waals surface area contributed by atoms with Crippen LogP contribution >= 0.6 is 0 Å². The number of likely N-dealkylation sites (N-methyl/N-ethyl adjacent to an activating group) is 1. The molecular formula is C36H26N5O+. The molecule has 0 radical (unpaired) electrons. The largest absolute Gasteiger partial charge is 0.456 e. The molecule has 6 aliphatic heterocycles. The van der Waals surface area contributed by atoms with Gasteiger partial charge in [-0.05, 0) is 41.5 Å². The normalized spacial score (nSPS) is 22.6. The van der Waals surface area contributed by atoms with Gasteiger partial charge in [0.25, 0.3) is 5.82 Å². The van der Waals surface area contributed by atoms with Crippen LogP contribution in [0.2, 0.25) is 0 Å².